The number of halogens is 1. The van der Waals surface area contributed by atoms with E-state index in [0.29, 0.717) is 28.7 Å². The lowest BCUT2D eigenvalue weighted by molar-refractivity contribution is 0.0526. The van der Waals surface area contributed by atoms with Gasteiger partial charge in [0.05, 0.1) is 37.1 Å². The summed E-state index contributed by atoms with van der Waals surface area (Å²) in [5.41, 5.74) is 4.99. The third kappa shape index (κ3) is 5.18. The molecule has 0 amide bonds. The van der Waals surface area contributed by atoms with Crippen LogP contribution in [0.25, 0.3) is 11.3 Å². The predicted octanol–water partition coefficient (Wildman–Crippen LogP) is 4.91. The highest BCUT2D eigenvalue weighted by Crippen LogP contribution is 2.27. The van der Waals surface area contributed by atoms with E-state index in [-0.39, 0.29) is 6.61 Å². The van der Waals surface area contributed by atoms with E-state index in [0.717, 1.165) is 16.9 Å². The second kappa shape index (κ2) is 9.80. The fourth-order valence-electron chi connectivity index (χ4n) is 2.71. The largest absolute Gasteiger partial charge is 0.496 e. The summed E-state index contributed by atoms with van der Waals surface area (Å²) in [5, 5.41) is 4.52. The molecule has 2 aromatic carbocycles. The Bertz CT molecular complexity index is 1010. The summed E-state index contributed by atoms with van der Waals surface area (Å²) < 4.78 is 16.1. The molecule has 7 heteroatoms. The zero-order valence-corrected chi connectivity index (χ0v) is 16.9. The molecule has 1 heterocycles. The van der Waals surface area contributed by atoms with Crippen molar-refractivity contribution in [1.82, 2.24) is 5.43 Å². The first-order valence-electron chi connectivity index (χ1n) is 9.07. The topological polar surface area (TPSA) is 73.1 Å². The quantitative estimate of drug-likeness (QED) is 0.323. The molecule has 29 heavy (non-hydrogen) atoms. The minimum Gasteiger partial charge on any atom is -0.496 e. The maximum atomic E-state index is 12.0. The number of carbonyl (C=O) groups excluding carboxylic acids is 1. The van der Waals surface area contributed by atoms with Crippen LogP contribution in [0.1, 0.15) is 28.6 Å². The van der Waals surface area contributed by atoms with Gasteiger partial charge in [-0.2, -0.15) is 5.10 Å². The second-order valence-corrected chi connectivity index (χ2v) is 6.43. The van der Waals surface area contributed by atoms with E-state index in [2.05, 4.69) is 10.5 Å². The van der Waals surface area contributed by atoms with Gasteiger partial charge in [0, 0.05) is 11.1 Å². The van der Waals surface area contributed by atoms with Crippen LogP contribution < -0.4 is 10.2 Å². The summed E-state index contributed by atoms with van der Waals surface area (Å²) in [4.78, 5) is 12.0. The molecule has 0 bridgehead atoms. The van der Waals surface area contributed by atoms with Gasteiger partial charge in [0.1, 0.15) is 17.3 Å². The molecule has 0 aliphatic rings. The van der Waals surface area contributed by atoms with Crippen molar-refractivity contribution in [2.45, 2.75) is 13.5 Å². The molecule has 0 unspecified atom stereocenters. The van der Waals surface area contributed by atoms with Crippen molar-refractivity contribution in [2.75, 3.05) is 13.7 Å². The van der Waals surface area contributed by atoms with Crippen LogP contribution in [0.2, 0.25) is 5.02 Å². The minimum atomic E-state index is -0.465. The first-order valence-corrected chi connectivity index (χ1v) is 9.45. The Morgan fingerprint density at radius 1 is 1.21 bits per heavy atom. The molecular formula is C22H21ClN2O4. The number of esters is 1. The smallest absolute Gasteiger partial charge is 0.339 e. The number of hydrogen-bond donors (Lipinski definition) is 1. The number of furan rings is 1. The molecule has 3 aromatic rings. The molecule has 6 nitrogen and oxygen atoms in total. The highest BCUT2D eigenvalue weighted by atomic mass is 35.5. The van der Waals surface area contributed by atoms with Gasteiger partial charge in [0.2, 0.25) is 0 Å². The summed E-state index contributed by atoms with van der Waals surface area (Å²) in [7, 11) is 1.64. The van der Waals surface area contributed by atoms with E-state index in [9.17, 15) is 4.79 Å². The van der Waals surface area contributed by atoms with Crippen LogP contribution >= 0.6 is 11.6 Å². The van der Waals surface area contributed by atoms with Gasteiger partial charge < -0.3 is 19.3 Å². The fourth-order valence-corrected chi connectivity index (χ4v) is 2.90. The number of hydrazone groups is 1. The Labute approximate surface area is 174 Å². The summed E-state index contributed by atoms with van der Waals surface area (Å²) >= 11 is 6.11. The maximum absolute atomic E-state index is 12.0. The molecule has 1 N–H and O–H groups in total. The summed E-state index contributed by atoms with van der Waals surface area (Å²) in [6, 6.07) is 16.4. The molecule has 1 aromatic heterocycles. The van der Waals surface area contributed by atoms with E-state index >= 15 is 0 Å². The number of ether oxygens (including phenoxy) is 2. The van der Waals surface area contributed by atoms with Crippen molar-refractivity contribution in [2.24, 2.45) is 5.10 Å². The number of nitrogens with one attached hydrogen (secondary N) is 1. The Morgan fingerprint density at radius 2 is 2.03 bits per heavy atom. The summed E-state index contributed by atoms with van der Waals surface area (Å²) in [5.74, 6) is 1.50. The van der Waals surface area contributed by atoms with Crippen LogP contribution in [-0.4, -0.2) is 25.9 Å². The lowest BCUT2D eigenvalue weighted by atomic mass is 10.1. The van der Waals surface area contributed by atoms with Crippen LogP contribution in [-0.2, 0) is 11.3 Å². The standard InChI is InChI=1S/C22H21ClN2O4/c1-3-28-22(26)18-12-15(8-10-19(18)23)21-11-9-17(29-21)14-25-24-13-16-6-4-5-7-20(16)27-2/h4-12,14,24H,3,13H2,1-2H3/b25-14+. The number of hydrogen-bond acceptors (Lipinski definition) is 6. The molecular weight excluding hydrogens is 392 g/mol. The first kappa shape index (κ1) is 20.5. The third-order valence-electron chi connectivity index (χ3n) is 4.12. The molecule has 0 aliphatic heterocycles. The first-order chi connectivity index (χ1) is 14.1. The van der Waals surface area contributed by atoms with Crippen LogP contribution in [0.5, 0.6) is 5.75 Å². The van der Waals surface area contributed by atoms with Crippen molar-refractivity contribution in [3.63, 3.8) is 0 Å². The molecule has 0 atom stereocenters. The number of benzene rings is 2. The van der Waals surface area contributed by atoms with E-state index in [1.54, 1.807) is 50.6 Å². The number of carbonyl (C=O) groups is 1. The zero-order chi connectivity index (χ0) is 20.6. The van der Waals surface area contributed by atoms with Crippen molar-refractivity contribution in [3.8, 4) is 17.1 Å². The maximum Gasteiger partial charge on any atom is 0.339 e. The zero-order valence-electron chi connectivity index (χ0n) is 16.1. The average molecular weight is 413 g/mol. The van der Waals surface area contributed by atoms with Gasteiger partial charge in [0.25, 0.3) is 0 Å². The second-order valence-electron chi connectivity index (χ2n) is 6.02. The SMILES string of the molecule is CCOC(=O)c1cc(-c2ccc(/C=N/NCc3ccccc3OC)o2)ccc1Cl. The fraction of sp³-hybridized carbons (Fsp3) is 0.182. The molecule has 3 rings (SSSR count). The molecule has 0 fully saturated rings. The minimum absolute atomic E-state index is 0.280. The Hall–Kier alpha value is -3.25. The van der Waals surface area contributed by atoms with Crippen molar-refractivity contribution in [3.05, 3.63) is 76.5 Å². The van der Waals surface area contributed by atoms with Crippen LogP contribution in [0.15, 0.2) is 64.1 Å². The third-order valence-corrected chi connectivity index (χ3v) is 4.45. The lowest BCUT2D eigenvalue weighted by Gasteiger charge is -2.07. The van der Waals surface area contributed by atoms with Crippen molar-refractivity contribution < 1.29 is 18.7 Å². The number of methoxy groups -OCH3 is 1. The molecule has 0 saturated carbocycles. The van der Waals surface area contributed by atoms with Crippen LogP contribution in [0.4, 0.5) is 0 Å². The normalized spacial score (nSPS) is 10.9. The van der Waals surface area contributed by atoms with Crippen molar-refractivity contribution >= 4 is 23.8 Å². The van der Waals surface area contributed by atoms with Gasteiger partial charge in [-0.25, -0.2) is 4.79 Å². The number of rotatable bonds is 8. The molecule has 0 radical (unpaired) electrons. The molecule has 0 aliphatic carbocycles. The number of nitrogens with zero attached hydrogens (tertiary/aromatic N) is 1. The summed E-state index contributed by atoms with van der Waals surface area (Å²) in [6.45, 7) is 2.55. The van der Waals surface area contributed by atoms with E-state index in [1.807, 2.05) is 24.3 Å². The predicted molar refractivity (Wildman–Crippen MR) is 113 cm³/mol. The lowest BCUT2D eigenvalue weighted by Crippen LogP contribution is -2.06. The molecule has 0 spiro atoms. The Kier molecular flexibility index (Phi) is 6.92. The average Bonchev–Trinajstić information content (AvgIpc) is 3.21. The van der Waals surface area contributed by atoms with Gasteiger partial charge in [0.15, 0.2) is 0 Å². The number of para-hydroxylation sites is 1. The van der Waals surface area contributed by atoms with Gasteiger partial charge in [-0.3, -0.25) is 0 Å². The van der Waals surface area contributed by atoms with Gasteiger partial charge in [-0.15, -0.1) is 0 Å². The van der Waals surface area contributed by atoms with Crippen molar-refractivity contribution in [1.29, 1.82) is 0 Å². The van der Waals surface area contributed by atoms with Gasteiger partial charge in [-0.05, 0) is 43.3 Å². The summed E-state index contributed by atoms with van der Waals surface area (Å²) in [6.07, 6.45) is 1.58. The monoisotopic (exact) mass is 412 g/mol. The van der Waals surface area contributed by atoms with Gasteiger partial charge in [-0.1, -0.05) is 29.8 Å². The Balaban J connectivity index is 1.67. The highest BCUT2D eigenvalue weighted by molar-refractivity contribution is 6.33. The Morgan fingerprint density at radius 3 is 2.83 bits per heavy atom. The highest BCUT2D eigenvalue weighted by Gasteiger charge is 2.14. The molecule has 150 valence electrons. The van der Waals surface area contributed by atoms with E-state index < -0.39 is 5.97 Å². The van der Waals surface area contributed by atoms with Gasteiger partial charge >= 0.3 is 5.97 Å². The van der Waals surface area contributed by atoms with Crippen LogP contribution in [0.3, 0.4) is 0 Å². The van der Waals surface area contributed by atoms with E-state index in [1.165, 1.54) is 0 Å². The molecule has 0 saturated heterocycles. The van der Waals surface area contributed by atoms with Crippen LogP contribution in [0, 0.1) is 0 Å². The van der Waals surface area contributed by atoms with E-state index in [4.69, 9.17) is 25.5 Å².